The standard InChI is InChI=1S/C18H28FN5O.HI/c1-14(2)21-18(20-13-17(25)22(3)4)24-11-9-23(10-12-24)16-7-5-15(19)6-8-16;/h5-8,14H,9-13H2,1-4H3,(H,20,21);1H. The molecule has 0 spiro atoms. The van der Waals surface area contributed by atoms with Crippen molar-refractivity contribution in [3.8, 4) is 0 Å². The van der Waals surface area contributed by atoms with E-state index in [-0.39, 0.29) is 48.3 Å². The molecule has 0 saturated carbocycles. The van der Waals surface area contributed by atoms with Gasteiger partial charge in [0.05, 0.1) is 0 Å². The smallest absolute Gasteiger partial charge is 0.243 e. The molecule has 1 fully saturated rings. The number of aliphatic imine (C=N–C) groups is 1. The molecule has 1 aliphatic rings. The fraction of sp³-hybridized carbons (Fsp3) is 0.556. The number of carbonyl (C=O) groups is 1. The predicted molar refractivity (Wildman–Crippen MR) is 115 cm³/mol. The van der Waals surface area contributed by atoms with Crippen LogP contribution in [0.5, 0.6) is 0 Å². The van der Waals surface area contributed by atoms with Gasteiger partial charge in [-0.1, -0.05) is 0 Å². The number of guanidine groups is 1. The first-order valence-corrected chi connectivity index (χ1v) is 8.63. The van der Waals surface area contributed by atoms with E-state index in [1.165, 1.54) is 12.1 Å². The maximum atomic E-state index is 13.1. The molecule has 0 bridgehead atoms. The van der Waals surface area contributed by atoms with Crippen LogP contribution in [-0.4, -0.2) is 74.5 Å². The molecule has 0 unspecified atom stereocenters. The van der Waals surface area contributed by atoms with Crippen LogP contribution in [0.2, 0.25) is 0 Å². The highest BCUT2D eigenvalue weighted by molar-refractivity contribution is 14.0. The van der Waals surface area contributed by atoms with Crippen LogP contribution in [0.4, 0.5) is 10.1 Å². The zero-order valence-corrected chi connectivity index (χ0v) is 18.2. The number of likely N-dealkylation sites (N-methyl/N-ethyl adjacent to an activating group) is 1. The summed E-state index contributed by atoms with van der Waals surface area (Å²) in [6.07, 6.45) is 0. The zero-order chi connectivity index (χ0) is 18.4. The van der Waals surface area contributed by atoms with Crippen molar-refractivity contribution in [2.75, 3.05) is 51.7 Å². The first-order valence-electron chi connectivity index (χ1n) is 8.63. The summed E-state index contributed by atoms with van der Waals surface area (Å²) in [4.78, 5) is 22.2. The number of hydrogen-bond acceptors (Lipinski definition) is 3. The van der Waals surface area contributed by atoms with Crippen LogP contribution in [0, 0.1) is 5.82 Å². The molecule has 0 aliphatic carbocycles. The number of anilines is 1. The number of nitrogens with one attached hydrogen (secondary N) is 1. The summed E-state index contributed by atoms with van der Waals surface area (Å²) in [5.74, 6) is 0.528. The molecule has 0 aromatic heterocycles. The second-order valence-corrected chi connectivity index (χ2v) is 6.68. The Balaban J connectivity index is 0.00000338. The van der Waals surface area contributed by atoms with Crippen molar-refractivity contribution in [1.29, 1.82) is 0 Å². The zero-order valence-electron chi connectivity index (χ0n) is 15.9. The molecule has 26 heavy (non-hydrogen) atoms. The lowest BCUT2D eigenvalue weighted by atomic mass is 10.2. The average Bonchev–Trinajstić information content (AvgIpc) is 2.58. The van der Waals surface area contributed by atoms with E-state index in [1.807, 2.05) is 12.1 Å². The van der Waals surface area contributed by atoms with Gasteiger partial charge in [-0.15, -0.1) is 24.0 Å². The van der Waals surface area contributed by atoms with Crippen molar-refractivity contribution in [2.45, 2.75) is 19.9 Å². The number of halogens is 2. The minimum Gasteiger partial charge on any atom is -0.368 e. The average molecular weight is 477 g/mol. The molecular formula is C18H29FIN5O. The van der Waals surface area contributed by atoms with Gasteiger partial charge in [0.2, 0.25) is 5.91 Å². The third-order valence-corrected chi connectivity index (χ3v) is 4.05. The molecule has 0 radical (unpaired) electrons. The summed E-state index contributed by atoms with van der Waals surface area (Å²) >= 11 is 0. The van der Waals surface area contributed by atoms with Gasteiger partial charge in [0.15, 0.2) is 5.96 Å². The Labute approximate surface area is 172 Å². The second kappa shape index (κ2) is 10.5. The molecule has 0 atom stereocenters. The molecule has 8 heteroatoms. The molecule has 1 N–H and O–H groups in total. The second-order valence-electron chi connectivity index (χ2n) is 6.68. The molecule has 6 nitrogen and oxygen atoms in total. The Morgan fingerprint density at radius 3 is 2.27 bits per heavy atom. The van der Waals surface area contributed by atoms with E-state index in [4.69, 9.17) is 0 Å². The summed E-state index contributed by atoms with van der Waals surface area (Å²) in [5.41, 5.74) is 1.03. The van der Waals surface area contributed by atoms with Crippen molar-refractivity contribution >= 4 is 41.5 Å². The first-order chi connectivity index (χ1) is 11.9. The molecular weight excluding hydrogens is 448 g/mol. The highest BCUT2D eigenvalue weighted by Gasteiger charge is 2.21. The SMILES string of the molecule is CC(C)NC(=NCC(=O)N(C)C)N1CCN(c2ccc(F)cc2)CC1.I. The van der Waals surface area contributed by atoms with Gasteiger partial charge in [0.1, 0.15) is 12.4 Å². The van der Waals surface area contributed by atoms with Gasteiger partial charge in [0.25, 0.3) is 0 Å². The van der Waals surface area contributed by atoms with Gasteiger partial charge in [0, 0.05) is 52.0 Å². The number of rotatable bonds is 4. The third kappa shape index (κ3) is 6.62. The molecule has 1 heterocycles. The van der Waals surface area contributed by atoms with Crippen LogP contribution in [0.1, 0.15) is 13.8 Å². The van der Waals surface area contributed by atoms with Gasteiger partial charge >= 0.3 is 0 Å². The number of amides is 1. The summed E-state index contributed by atoms with van der Waals surface area (Å²) in [5, 5.41) is 3.34. The van der Waals surface area contributed by atoms with Crippen LogP contribution in [0.15, 0.2) is 29.3 Å². The largest absolute Gasteiger partial charge is 0.368 e. The van der Waals surface area contributed by atoms with Crippen molar-refractivity contribution in [1.82, 2.24) is 15.1 Å². The van der Waals surface area contributed by atoms with Crippen molar-refractivity contribution in [3.05, 3.63) is 30.1 Å². The lowest BCUT2D eigenvalue weighted by Crippen LogP contribution is -2.54. The Bertz CT molecular complexity index is 598. The Hall–Kier alpha value is -1.58. The minimum absolute atomic E-state index is 0. The maximum Gasteiger partial charge on any atom is 0.243 e. The number of hydrogen-bond donors (Lipinski definition) is 1. The van der Waals surface area contributed by atoms with Crippen LogP contribution in [0.25, 0.3) is 0 Å². The third-order valence-electron chi connectivity index (χ3n) is 4.05. The summed E-state index contributed by atoms with van der Waals surface area (Å²) in [7, 11) is 3.46. The molecule has 1 aliphatic heterocycles. The van der Waals surface area contributed by atoms with Crippen molar-refractivity contribution < 1.29 is 9.18 Å². The van der Waals surface area contributed by atoms with E-state index in [1.54, 1.807) is 19.0 Å². The van der Waals surface area contributed by atoms with Crippen LogP contribution in [-0.2, 0) is 4.79 Å². The van der Waals surface area contributed by atoms with Gasteiger partial charge in [-0.25, -0.2) is 9.38 Å². The van der Waals surface area contributed by atoms with Gasteiger partial charge in [-0.2, -0.15) is 0 Å². The fourth-order valence-electron chi connectivity index (χ4n) is 2.61. The number of carbonyl (C=O) groups excluding carboxylic acids is 1. The molecule has 1 aromatic carbocycles. The van der Waals surface area contributed by atoms with Gasteiger partial charge in [-0.3, -0.25) is 4.79 Å². The topological polar surface area (TPSA) is 51.2 Å². The normalized spacial score (nSPS) is 14.9. The monoisotopic (exact) mass is 477 g/mol. The Kier molecular flexibility index (Phi) is 9.11. The van der Waals surface area contributed by atoms with E-state index in [2.05, 4.69) is 34.0 Å². The highest BCUT2D eigenvalue weighted by Crippen LogP contribution is 2.17. The van der Waals surface area contributed by atoms with E-state index < -0.39 is 0 Å². The van der Waals surface area contributed by atoms with E-state index in [0.717, 1.165) is 37.8 Å². The molecule has 146 valence electrons. The molecule has 1 amide bonds. The van der Waals surface area contributed by atoms with Crippen LogP contribution < -0.4 is 10.2 Å². The lowest BCUT2D eigenvalue weighted by Gasteiger charge is -2.38. The quantitative estimate of drug-likeness (QED) is 0.410. The fourth-order valence-corrected chi connectivity index (χ4v) is 2.61. The van der Waals surface area contributed by atoms with E-state index >= 15 is 0 Å². The van der Waals surface area contributed by atoms with Gasteiger partial charge < -0.3 is 20.0 Å². The van der Waals surface area contributed by atoms with Gasteiger partial charge in [-0.05, 0) is 38.1 Å². The van der Waals surface area contributed by atoms with E-state index in [9.17, 15) is 9.18 Å². The molecule has 1 aromatic rings. The van der Waals surface area contributed by atoms with Crippen molar-refractivity contribution in [2.24, 2.45) is 4.99 Å². The first kappa shape index (κ1) is 22.5. The molecule has 1 saturated heterocycles. The minimum atomic E-state index is -0.219. The summed E-state index contributed by atoms with van der Waals surface area (Å²) in [6, 6.07) is 6.83. The Morgan fingerprint density at radius 1 is 1.19 bits per heavy atom. The Morgan fingerprint density at radius 2 is 1.77 bits per heavy atom. The van der Waals surface area contributed by atoms with Crippen LogP contribution >= 0.6 is 24.0 Å². The molecule has 2 rings (SSSR count). The van der Waals surface area contributed by atoms with Crippen molar-refractivity contribution in [3.63, 3.8) is 0 Å². The highest BCUT2D eigenvalue weighted by atomic mass is 127. The van der Waals surface area contributed by atoms with E-state index in [0.29, 0.717) is 0 Å². The summed E-state index contributed by atoms with van der Waals surface area (Å²) in [6.45, 7) is 7.49. The number of benzene rings is 1. The van der Waals surface area contributed by atoms with Crippen LogP contribution in [0.3, 0.4) is 0 Å². The lowest BCUT2D eigenvalue weighted by molar-refractivity contribution is -0.127. The predicted octanol–water partition coefficient (Wildman–Crippen LogP) is 2.01. The number of piperazine rings is 1. The maximum absolute atomic E-state index is 13.1. The summed E-state index contributed by atoms with van der Waals surface area (Å²) < 4.78 is 13.1. The number of nitrogens with zero attached hydrogens (tertiary/aromatic N) is 4.